The normalized spacial score (nSPS) is 32.8. The highest BCUT2D eigenvalue weighted by Crippen LogP contribution is 2.18. The van der Waals surface area contributed by atoms with E-state index in [1.807, 2.05) is 11.8 Å². The first-order chi connectivity index (χ1) is 6.02. The number of nitrogens with zero attached hydrogens (tertiary/aromatic N) is 1. The number of aliphatic hydroxyl groups is 1. The first kappa shape index (κ1) is 10.5. The summed E-state index contributed by atoms with van der Waals surface area (Å²) in [7, 11) is 0. The van der Waals surface area contributed by atoms with E-state index in [9.17, 15) is 9.90 Å². The van der Waals surface area contributed by atoms with Crippen LogP contribution in [0.25, 0.3) is 0 Å². The maximum Gasteiger partial charge on any atom is 0.320 e. The van der Waals surface area contributed by atoms with Gasteiger partial charge in [0.05, 0.1) is 6.10 Å². The molecule has 4 heteroatoms. The molecule has 76 valence electrons. The number of aliphatic hydroxyl groups excluding tert-OH is 1. The maximum atomic E-state index is 10.7. The first-order valence-electron chi connectivity index (χ1n) is 4.67. The van der Waals surface area contributed by atoms with Crippen molar-refractivity contribution < 1.29 is 15.0 Å². The van der Waals surface area contributed by atoms with E-state index in [1.54, 1.807) is 6.92 Å². The molecule has 1 fully saturated rings. The summed E-state index contributed by atoms with van der Waals surface area (Å²) >= 11 is 0. The van der Waals surface area contributed by atoms with Crippen molar-refractivity contribution in [1.29, 1.82) is 0 Å². The number of piperidine rings is 1. The minimum atomic E-state index is -0.788. The highest BCUT2D eigenvalue weighted by Gasteiger charge is 2.29. The number of carbonyl (C=O) groups is 1. The van der Waals surface area contributed by atoms with Crippen molar-refractivity contribution in [2.24, 2.45) is 5.92 Å². The molecule has 0 aromatic heterocycles. The summed E-state index contributed by atoms with van der Waals surface area (Å²) in [5, 5.41) is 18.2. The smallest absolute Gasteiger partial charge is 0.320 e. The fourth-order valence-corrected chi connectivity index (χ4v) is 1.67. The second-order valence-corrected chi connectivity index (χ2v) is 3.84. The minimum Gasteiger partial charge on any atom is -0.480 e. The summed E-state index contributed by atoms with van der Waals surface area (Å²) in [4.78, 5) is 12.6. The van der Waals surface area contributed by atoms with Gasteiger partial charge in [0.25, 0.3) is 0 Å². The second-order valence-electron chi connectivity index (χ2n) is 3.84. The number of rotatable bonds is 2. The van der Waals surface area contributed by atoms with Gasteiger partial charge in [-0.3, -0.25) is 9.69 Å². The van der Waals surface area contributed by atoms with Crippen LogP contribution in [-0.4, -0.2) is 46.3 Å². The van der Waals surface area contributed by atoms with Gasteiger partial charge in [0.1, 0.15) is 6.04 Å². The van der Waals surface area contributed by atoms with Gasteiger partial charge in [-0.05, 0) is 19.3 Å². The molecule has 4 nitrogen and oxygen atoms in total. The lowest BCUT2D eigenvalue weighted by atomic mass is 9.96. The van der Waals surface area contributed by atoms with Crippen molar-refractivity contribution in [2.45, 2.75) is 32.4 Å². The summed E-state index contributed by atoms with van der Waals surface area (Å²) in [5.74, 6) is -0.612. The summed E-state index contributed by atoms with van der Waals surface area (Å²) in [5.41, 5.74) is 0. The molecule has 1 aliphatic heterocycles. The maximum absolute atomic E-state index is 10.7. The molecule has 0 radical (unpaired) electrons. The van der Waals surface area contributed by atoms with Gasteiger partial charge in [-0.2, -0.15) is 0 Å². The Morgan fingerprint density at radius 3 is 2.69 bits per heavy atom. The van der Waals surface area contributed by atoms with Gasteiger partial charge in [0.2, 0.25) is 0 Å². The zero-order valence-corrected chi connectivity index (χ0v) is 8.10. The highest BCUT2D eigenvalue weighted by atomic mass is 16.4. The van der Waals surface area contributed by atoms with Gasteiger partial charge < -0.3 is 10.2 Å². The van der Waals surface area contributed by atoms with E-state index in [2.05, 4.69) is 0 Å². The Balaban J connectivity index is 2.50. The largest absolute Gasteiger partial charge is 0.480 e. The van der Waals surface area contributed by atoms with Crippen LogP contribution in [0.2, 0.25) is 0 Å². The zero-order chi connectivity index (χ0) is 10.0. The molecule has 2 N–H and O–H groups in total. The van der Waals surface area contributed by atoms with Gasteiger partial charge in [-0.15, -0.1) is 0 Å². The Morgan fingerprint density at radius 2 is 2.23 bits per heavy atom. The van der Waals surface area contributed by atoms with E-state index in [4.69, 9.17) is 5.11 Å². The summed E-state index contributed by atoms with van der Waals surface area (Å²) in [6, 6.07) is -0.435. The Kier molecular flexibility index (Phi) is 3.27. The lowest BCUT2D eigenvalue weighted by Gasteiger charge is -2.36. The van der Waals surface area contributed by atoms with Crippen molar-refractivity contribution in [1.82, 2.24) is 4.90 Å². The molecule has 0 unspecified atom stereocenters. The number of hydrogen-bond donors (Lipinski definition) is 2. The molecule has 1 aliphatic rings. The van der Waals surface area contributed by atoms with E-state index in [1.165, 1.54) is 0 Å². The fraction of sp³-hybridized carbons (Fsp3) is 0.889. The quantitative estimate of drug-likeness (QED) is 0.646. The van der Waals surface area contributed by atoms with Gasteiger partial charge in [0, 0.05) is 13.1 Å². The Hall–Kier alpha value is -0.610. The summed E-state index contributed by atoms with van der Waals surface area (Å²) in [6.45, 7) is 4.99. The molecule has 0 saturated carbocycles. The van der Waals surface area contributed by atoms with E-state index in [-0.39, 0.29) is 12.0 Å². The lowest BCUT2D eigenvalue weighted by Crippen LogP contribution is -2.48. The van der Waals surface area contributed by atoms with Crippen molar-refractivity contribution in [3.8, 4) is 0 Å². The van der Waals surface area contributed by atoms with Crippen LogP contribution < -0.4 is 0 Å². The number of carboxylic acid groups (broad SMARTS) is 1. The van der Waals surface area contributed by atoms with E-state index in [0.29, 0.717) is 19.5 Å². The van der Waals surface area contributed by atoms with E-state index in [0.717, 1.165) is 0 Å². The molecule has 0 aromatic rings. The van der Waals surface area contributed by atoms with Crippen LogP contribution >= 0.6 is 0 Å². The van der Waals surface area contributed by atoms with Crippen molar-refractivity contribution in [2.75, 3.05) is 13.1 Å². The van der Waals surface area contributed by atoms with Gasteiger partial charge in [-0.25, -0.2) is 0 Å². The molecule has 0 aromatic carbocycles. The minimum absolute atomic E-state index is 0.176. The molecule has 0 spiro atoms. The zero-order valence-electron chi connectivity index (χ0n) is 8.10. The lowest BCUT2D eigenvalue weighted by molar-refractivity contribution is -0.144. The number of aliphatic carboxylic acids is 1. The van der Waals surface area contributed by atoms with E-state index < -0.39 is 12.0 Å². The Labute approximate surface area is 78.2 Å². The molecule has 1 rings (SSSR count). The van der Waals surface area contributed by atoms with Crippen LogP contribution in [0.5, 0.6) is 0 Å². The standard InChI is InChI=1S/C9H17NO3/c1-6-5-10(4-3-8(6)11)7(2)9(12)13/h6-8,11H,3-5H2,1-2H3,(H,12,13)/t6-,7-,8+/m1/s1. The van der Waals surface area contributed by atoms with Crippen LogP contribution in [0.15, 0.2) is 0 Å². The molecule has 1 heterocycles. The SMILES string of the molecule is C[C@@H]1CN([C@H](C)C(=O)O)CC[C@@H]1O. The monoisotopic (exact) mass is 187 g/mol. The summed E-state index contributed by atoms with van der Waals surface area (Å²) < 4.78 is 0. The fourth-order valence-electron chi connectivity index (χ4n) is 1.67. The number of hydrogen-bond acceptors (Lipinski definition) is 3. The highest BCUT2D eigenvalue weighted by molar-refractivity contribution is 5.72. The Bertz CT molecular complexity index is 195. The molecular formula is C9H17NO3. The van der Waals surface area contributed by atoms with Crippen LogP contribution in [-0.2, 0) is 4.79 Å². The third-order valence-corrected chi connectivity index (χ3v) is 2.80. The molecule has 0 bridgehead atoms. The molecule has 0 aliphatic carbocycles. The van der Waals surface area contributed by atoms with Crippen LogP contribution in [0.3, 0.4) is 0 Å². The van der Waals surface area contributed by atoms with Gasteiger partial charge in [-0.1, -0.05) is 6.92 Å². The molecule has 0 amide bonds. The molecule has 1 saturated heterocycles. The topological polar surface area (TPSA) is 60.8 Å². The Morgan fingerprint density at radius 1 is 1.62 bits per heavy atom. The van der Waals surface area contributed by atoms with Gasteiger partial charge >= 0.3 is 5.97 Å². The third kappa shape index (κ3) is 2.42. The second kappa shape index (κ2) is 4.07. The van der Waals surface area contributed by atoms with Crippen LogP contribution in [0.4, 0.5) is 0 Å². The van der Waals surface area contributed by atoms with Crippen molar-refractivity contribution >= 4 is 5.97 Å². The van der Waals surface area contributed by atoms with Gasteiger partial charge in [0.15, 0.2) is 0 Å². The first-order valence-corrected chi connectivity index (χ1v) is 4.67. The van der Waals surface area contributed by atoms with Crippen LogP contribution in [0, 0.1) is 5.92 Å². The molecule has 3 atom stereocenters. The van der Waals surface area contributed by atoms with Crippen LogP contribution in [0.1, 0.15) is 20.3 Å². The van der Waals surface area contributed by atoms with Crippen molar-refractivity contribution in [3.63, 3.8) is 0 Å². The average Bonchev–Trinajstić information content (AvgIpc) is 2.08. The number of likely N-dealkylation sites (tertiary alicyclic amines) is 1. The average molecular weight is 187 g/mol. The molecular weight excluding hydrogens is 170 g/mol. The molecule has 13 heavy (non-hydrogen) atoms. The third-order valence-electron chi connectivity index (χ3n) is 2.80. The van der Waals surface area contributed by atoms with E-state index >= 15 is 0 Å². The number of carboxylic acids is 1. The summed E-state index contributed by atoms with van der Waals surface area (Å²) in [6.07, 6.45) is 0.413. The van der Waals surface area contributed by atoms with Crippen molar-refractivity contribution in [3.05, 3.63) is 0 Å². The predicted molar refractivity (Wildman–Crippen MR) is 48.5 cm³/mol. The predicted octanol–water partition coefficient (Wildman–Crippen LogP) is 0.162.